The molecule has 0 atom stereocenters. The van der Waals surface area contributed by atoms with E-state index in [1.165, 1.54) is 10.9 Å². The first-order chi connectivity index (χ1) is 7.27. The Labute approximate surface area is 89.7 Å². The highest BCUT2D eigenvalue weighted by atomic mass is 16.5. The van der Waals surface area contributed by atoms with Gasteiger partial charge in [-0.1, -0.05) is 12.1 Å². The number of hydrogen-bond donors (Lipinski definition) is 1. The summed E-state index contributed by atoms with van der Waals surface area (Å²) in [5.41, 5.74) is 2.46. The molecule has 0 spiro atoms. The molecule has 2 rings (SSSR count). The van der Waals surface area contributed by atoms with Crippen LogP contribution in [0.5, 0.6) is 5.75 Å². The molecule has 0 radical (unpaired) electrons. The molecule has 3 heteroatoms. The predicted molar refractivity (Wildman–Crippen MR) is 62.2 cm³/mol. The highest BCUT2D eigenvalue weighted by Crippen LogP contribution is 2.28. The Morgan fingerprint density at radius 3 is 2.87 bits per heavy atom. The van der Waals surface area contributed by atoms with Gasteiger partial charge in [0.2, 0.25) is 0 Å². The molecule has 1 aromatic heterocycles. The van der Waals surface area contributed by atoms with Gasteiger partial charge in [0.1, 0.15) is 5.75 Å². The average molecular weight is 204 g/mol. The topological polar surface area (TPSA) is 26.2 Å². The molecule has 0 bridgehead atoms. The van der Waals surface area contributed by atoms with E-state index in [2.05, 4.69) is 22.1 Å². The molecule has 1 aromatic carbocycles. The van der Waals surface area contributed by atoms with Gasteiger partial charge in [-0.25, -0.2) is 0 Å². The van der Waals surface area contributed by atoms with Crippen LogP contribution < -0.4 is 10.1 Å². The largest absolute Gasteiger partial charge is 0.495 e. The van der Waals surface area contributed by atoms with Crippen LogP contribution in [0.2, 0.25) is 0 Å². The molecule has 0 aliphatic heterocycles. The lowest BCUT2D eigenvalue weighted by Gasteiger charge is -2.04. The zero-order valence-electron chi connectivity index (χ0n) is 9.37. The van der Waals surface area contributed by atoms with E-state index in [-0.39, 0.29) is 0 Å². The van der Waals surface area contributed by atoms with Gasteiger partial charge in [0.15, 0.2) is 0 Å². The van der Waals surface area contributed by atoms with Crippen LogP contribution in [0.15, 0.2) is 24.4 Å². The van der Waals surface area contributed by atoms with Gasteiger partial charge < -0.3 is 14.6 Å². The van der Waals surface area contributed by atoms with Gasteiger partial charge in [-0.2, -0.15) is 0 Å². The molecule has 0 unspecified atom stereocenters. The van der Waals surface area contributed by atoms with Crippen LogP contribution in [0.3, 0.4) is 0 Å². The lowest BCUT2D eigenvalue weighted by molar-refractivity contribution is 0.418. The Morgan fingerprint density at radius 1 is 1.40 bits per heavy atom. The van der Waals surface area contributed by atoms with Crippen LogP contribution in [0, 0.1) is 0 Å². The number of rotatable bonds is 3. The molecule has 3 nitrogen and oxygen atoms in total. The molecule has 0 aliphatic rings. The van der Waals surface area contributed by atoms with Crippen molar-refractivity contribution < 1.29 is 4.74 Å². The molecular weight excluding hydrogens is 188 g/mol. The summed E-state index contributed by atoms with van der Waals surface area (Å²) in [4.78, 5) is 0. The van der Waals surface area contributed by atoms with Gasteiger partial charge >= 0.3 is 0 Å². The second kappa shape index (κ2) is 3.95. The Balaban J connectivity index is 2.68. The summed E-state index contributed by atoms with van der Waals surface area (Å²) in [5, 5.41) is 4.43. The summed E-state index contributed by atoms with van der Waals surface area (Å²) in [7, 11) is 5.71. The third kappa shape index (κ3) is 1.59. The summed E-state index contributed by atoms with van der Waals surface area (Å²) in [6.45, 7) is 0.879. The van der Waals surface area contributed by atoms with Gasteiger partial charge in [-0.3, -0.25) is 0 Å². The van der Waals surface area contributed by atoms with Crippen LogP contribution in [-0.2, 0) is 13.6 Å². The van der Waals surface area contributed by atoms with Crippen LogP contribution in [0.4, 0.5) is 0 Å². The Bertz CT molecular complexity index is 474. The minimum absolute atomic E-state index is 0.879. The fourth-order valence-corrected chi connectivity index (χ4v) is 2.01. The van der Waals surface area contributed by atoms with Crippen molar-refractivity contribution in [1.82, 2.24) is 9.88 Å². The highest BCUT2D eigenvalue weighted by Gasteiger charge is 2.09. The number of hydrogen-bond acceptors (Lipinski definition) is 2. The maximum atomic E-state index is 5.36. The summed E-state index contributed by atoms with van der Waals surface area (Å²) in [6, 6.07) is 6.15. The maximum Gasteiger partial charge on any atom is 0.143 e. The summed E-state index contributed by atoms with van der Waals surface area (Å²) < 4.78 is 7.47. The molecule has 0 amide bonds. The van der Waals surface area contributed by atoms with E-state index in [0.717, 1.165) is 17.8 Å². The Morgan fingerprint density at radius 2 is 2.20 bits per heavy atom. The van der Waals surface area contributed by atoms with Gasteiger partial charge in [0, 0.05) is 25.2 Å². The van der Waals surface area contributed by atoms with Crippen molar-refractivity contribution in [1.29, 1.82) is 0 Å². The van der Waals surface area contributed by atoms with Crippen molar-refractivity contribution in [3.8, 4) is 5.75 Å². The van der Waals surface area contributed by atoms with E-state index in [4.69, 9.17) is 4.74 Å². The van der Waals surface area contributed by atoms with E-state index in [9.17, 15) is 0 Å². The number of aryl methyl sites for hydroxylation is 1. The van der Waals surface area contributed by atoms with Gasteiger partial charge in [0.25, 0.3) is 0 Å². The number of methoxy groups -OCH3 is 1. The molecule has 15 heavy (non-hydrogen) atoms. The Kier molecular flexibility index (Phi) is 2.64. The van der Waals surface area contributed by atoms with E-state index in [0.29, 0.717) is 0 Å². The number of aromatic nitrogens is 1. The second-order valence-corrected chi connectivity index (χ2v) is 3.65. The van der Waals surface area contributed by atoms with Crippen LogP contribution in [-0.4, -0.2) is 18.7 Å². The normalized spacial score (nSPS) is 10.9. The number of para-hydroxylation sites is 1. The molecular formula is C12H16N2O. The third-order valence-electron chi connectivity index (χ3n) is 2.63. The summed E-state index contributed by atoms with van der Waals surface area (Å²) in [5.74, 6) is 0.928. The minimum Gasteiger partial charge on any atom is -0.495 e. The van der Waals surface area contributed by atoms with Crippen LogP contribution in [0.25, 0.3) is 10.9 Å². The molecule has 1 N–H and O–H groups in total. The van der Waals surface area contributed by atoms with Gasteiger partial charge in [-0.05, 0) is 18.7 Å². The standard InChI is InChI=1S/C12H16N2O/c1-13-7-9-8-14(2)12-10(9)5-4-6-11(12)15-3/h4-6,8,13H,7H2,1-3H3. The number of ether oxygens (including phenoxy) is 1. The van der Waals surface area contributed by atoms with Gasteiger partial charge in [-0.15, -0.1) is 0 Å². The fraction of sp³-hybridized carbons (Fsp3) is 0.333. The zero-order chi connectivity index (χ0) is 10.8. The predicted octanol–water partition coefficient (Wildman–Crippen LogP) is 1.91. The lowest BCUT2D eigenvalue weighted by Crippen LogP contribution is -2.04. The van der Waals surface area contributed by atoms with E-state index < -0.39 is 0 Å². The number of fused-ring (bicyclic) bond motifs is 1. The zero-order valence-corrected chi connectivity index (χ0v) is 9.37. The number of nitrogens with zero attached hydrogens (tertiary/aromatic N) is 1. The van der Waals surface area contributed by atoms with E-state index in [1.807, 2.05) is 26.2 Å². The molecule has 2 aromatic rings. The van der Waals surface area contributed by atoms with E-state index in [1.54, 1.807) is 7.11 Å². The fourth-order valence-electron chi connectivity index (χ4n) is 2.01. The third-order valence-corrected chi connectivity index (χ3v) is 2.63. The second-order valence-electron chi connectivity index (χ2n) is 3.65. The first-order valence-corrected chi connectivity index (χ1v) is 5.03. The number of benzene rings is 1. The van der Waals surface area contributed by atoms with Crippen molar-refractivity contribution in [3.63, 3.8) is 0 Å². The molecule has 80 valence electrons. The number of nitrogens with one attached hydrogen (secondary N) is 1. The SMILES string of the molecule is CNCc1cn(C)c2c(OC)cccc12. The summed E-state index contributed by atoms with van der Waals surface area (Å²) >= 11 is 0. The maximum absolute atomic E-state index is 5.36. The van der Waals surface area contributed by atoms with Crippen LogP contribution in [0.1, 0.15) is 5.56 Å². The minimum atomic E-state index is 0.879. The monoisotopic (exact) mass is 204 g/mol. The molecule has 1 heterocycles. The van der Waals surface area contributed by atoms with Crippen molar-refractivity contribution in [3.05, 3.63) is 30.0 Å². The first kappa shape index (κ1) is 10.1. The molecule has 0 saturated carbocycles. The first-order valence-electron chi connectivity index (χ1n) is 5.03. The van der Waals surface area contributed by atoms with E-state index >= 15 is 0 Å². The van der Waals surface area contributed by atoms with Crippen molar-refractivity contribution in [2.45, 2.75) is 6.54 Å². The van der Waals surface area contributed by atoms with Crippen molar-refractivity contribution >= 4 is 10.9 Å². The summed E-state index contributed by atoms with van der Waals surface area (Å²) in [6.07, 6.45) is 2.14. The molecule has 0 aliphatic carbocycles. The average Bonchev–Trinajstić information content (AvgIpc) is 2.57. The Hall–Kier alpha value is -1.48. The van der Waals surface area contributed by atoms with Crippen LogP contribution >= 0.6 is 0 Å². The quantitative estimate of drug-likeness (QED) is 0.826. The van der Waals surface area contributed by atoms with Crippen molar-refractivity contribution in [2.75, 3.05) is 14.2 Å². The molecule has 0 saturated heterocycles. The van der Waals surface area contributed by atoms with Crippen molar-refractivity contribution in [2.24, 2.45) is 7.05 Å². The highest BCUT2D eigenvalue weighted by molar-refractivity contribution is 5.89. The molecule has 0 fully saturated rings. The smallest absolute Gasteiger partial charge is 0.143 e. The van der Waals surface area contributed by atoms with Gasteiger partial charge in [0.05, 0.1) is 12.6 Å². The lowest BCUT2D eigenvalue weighted by atomic mass is 10.1.